The molecule has 1 unspecified atom stereocenters. The van der Waals surface area contributed by atoms with Crippen molar-refractivity contribution in [3.63, 3.8) is 0 Å². The molecule has 0 spiro atoms. The monoisotopic (exact) mass is 252 g/mol. The van der Waals surface area contributed by atoms with Gasteiger partial charge in [0.1, 0.15) is 11.6 Å². The van der Waals surface area contributed by atoms with Crippen LogP contribution in [0, 0.1) is 6.92 Å². The van der Waals surface area contributed by atoms with Crippen LogP contribution in [0.15, 0.2) is 23.2 Å². The first-order valence-corrected chi connectivity index (χ1v) is 6.30. The van der Waals surface area contributed by atoms with Gasteiger partial charge in [-0.1, -0.05) is 24.6 Å². The van der Waals surface area contributed by atoms with Gasteiger partial charge in [-0.2, -0.15) is 0 Å². The number of aliphatic imine (C=N–C) groups is 1. The Bertz CT molecular complexity index is 431. The number of amidine groups is 1. The zero-order chi connectivity index (χ0) is 12.3. The molecule has 1 aliphatic heterocycles. The molecule has 1 aromatic rings. The molecule has 1 aromatic carbocycles. The minimum Gasteiger partial charge on any atom is -0.482 e. The molecule has 1 N–H and O–H groups in total. The zero-order valence-corrected chi connectivity index (χ0v) is 10.9. The first-order valence-electron chi connectivity index (χ1n) is 5.92. The van der Waals surface area contributed by atoms with Crippen molar-refractivity contribution < 1.29 is 4.74 Å². The summed E-state index contributed by atoms with van der Waals surface area (Å²) in [5.74, 6) is 1.78. The number of hydrogen-bond donors (Lipinski definition) is 1. The van der Waals surface area contributed by atoms with E-state index in [0.29, 0.717) is 0 Å². The summed E-state index contributed by atoms with van der Waals surface area (Å²) in [7, 11) is 0. The van der Waals surface area contributed by atoms with Crippen LogP contribution in [0.2, 0.25) is 5.02 Å². The van der Waals surface area contributed by atoms with E-state index in [4.69, 9.17) is 16.3 Å². The van der Waals surface area contributed by atoms with Gasteiger partial charge in [-0.25, -0.2) is 0 Å². The second-order valence-corrected chi connectivity index (χ2v) is 4.48. The summed E-state index contributed by atoms with van der Waals surface area (Å²) < 4.78 is 5.98. The minimum atomic E-state index is -0.00494. The molecule has 0 saturated carbocycles. The van der Waals surface area contributed by atoms with Crippen LogP contribution < -0.4 is 10.1 Å². The van der Waals surface area contributed by atoms with Crippen molar-refractivity contribution in [3.05, 3.63) is 28.8 Å². The number of nitrogens with zero attached hydrogens (tertiary/aromatic N) is 1. The van der Waals surface area contributed by atoms with Gasteiger partial charge < -0.3 is 10.1 Å². The molecule has 0 bridgehead atoms. The Labute approximate surface area is 107 Å². The van der Waals surface area contributed by atoms with Gasteiger partial charge in [-0.3, -0.25) is 4.99 Å². The smallest absolute Gasteiger partial charge is 0.155 e. The Kier molecular flexibility index (Phi) is 3.89. The molecule has 92 valence electrons. The Hall–Kier alpha value is -1.22. The lowest BCUT2D eigenvalue weighted by atomic mass is 10.2. The van der Waals surface area contributed by atoms with E-state index in [1.165, 1.54) is 0 Å². The van der Waals surface area contributed by atoms with E-state index in [1.54, 1.807) is 0 Å². The molecule has 3 nitrogen and oxygen atoms in total. The lowest BCUT2D eigenvalue weighted by molar-refractivity contribution is 0.258. The molecule has 0 saturated heterocycles. The summed E-state index contributed by atoms with van der Waals surface area (Å²) in [5, 5.41) is 3.99. The van der Waals surface area contributed by atoms with Crippen molar-refractivity contribution in [3.8, 4) is 5.75 Å². The van der Waals surface area contributed by atoms with Crippen LogP contribution >= 0.6 is 11.6 Å². The number of rotatable bonds is 4. The summed E-state index contributed by atoms with van der Waals surface area (Å²) in [6.07, 6.45) is 0.882. The first-order chi connectivity index (χ1) is 8.22. The van der Waals surface area contributed by atoms with Crippen molar-refractivity contribution in [2.24, 2.45) is 4.99 Å². The van der Waals surface area contributed by atoms with Gasteiger partial charge in [0.05, 0.1) is 6.54 Å². The van der Waals surface area contributed by atoms with Gasteiger partial charge >= 0.3 is 0 Å². The van der Waals surface area contributed by atoms with Crippen molar-refractivity contribution in [2.75, 3.05) is 13.1 Å². The van der Waals surface area contributed by atoms with E-state index in [-0.39, 0.29) is 6.10 Å². The number of benzene rings is 1. The van der Waals surface area contributed by atoms with Crippen LogP contribution in [0.1, 0.15) is 18.9 Å². The SMILES string of the molecule is CCC(Oc1cccc(Cl)c1C)C1=NCCN1. The van der Waals surface area contributed by atoms with Crippen molar-refractivity contribution in [1.82, 2.24) is 5.32 Å². The zero-order valence-electron chi connectivity index (χ0n) is 10.2. The van der Waals surface area contributed by atoms with Crippen LogP contribution in [-0.4, -0.2) is 25.0 Å². The van der Waals surface area contributed by atoms with Gasteiger partial charge in [0.25, 0.3) is 0 Å². The highest BCUT2D eigenvalue weighted by Crippen LogP contribution is 2.26. The summed E-state index contributed by atoms with van der Waals surface area (Å²) >= 11 is 6.07. The highest BCUT2D eigenvalue weighted by Gasteiger charge is 2.19. The number of ether oxygens (including phenoxy) is 1. The predicted molar refractivity (Wildman–Crippen MR) is 71.2 cm³/mol. The number of halogens is 1. The summed E-state index contributed by atoms with van der Waals surface area (Å²) in [6.45, 7) is 5.80. The van der Waals surface area contributed by atoms with E-state index in [2.05, 4.69) is 17.2 Å². The van der Waals surface area contributed by atoms with Crippen LogP contribution in [0.5, 0.6) is 5.75 Å². The predicted octanol–water partition coefficient (Wildman–Crippen LogP) is 2.81. The van der Waals surface area contributed by atoms with Crippen LogP contribution in [0.3, 0.4) is 0 Å². The number of nitrogens with one attached hydrogen (secondary N) is 1. The summed E-state index contributed by atoms with van der Waals surface area (Å²) in [5.41, 5.74) is 0.978. The molecular formula is C13H17ClN2O. The van der Waals surface area contributed by atoms with E-state index in [1.807, 2.05) is 25.1 Å². The van der Waals surface area contributed by atoms with E-state index in [9.17, 15) is 0 Å². The van der Waals surface area contributed by atoms with Crippen LogP contribution in [0.4, 0.5) is 0 Å². The maximum Gasteiger partial charge on any atom is 0.155 e. The third-order valence-electron chi connectivity index (χ3n) is 2.86. The quantitative estimate of drug-likeness (QED) is 0.894. The molecule has 4 heteroatoms. The molecule has 1 atom stereocenters. The Balaban J connectivity index is 2.15. The number of hydrogen-bond acceptors (Lipinski definition) is 3. The van der Waals surface area contributed by atoms with E-state index < -0.39 is 0 Å². The molecule has 0 aromatic heterocycles. The Morgan fingerprint density at radius 1 is 1.53 bits per heavy atom. The topological polar surface area (TPSA) is 33.6 Å². The van der Waals surface area contributed by atoms with Crippen molar-refractivity contribution >= 4 is 17.4 Å². The fourth-order valence-electron chi connectivity index (χ4n) is 1.83. The minimum absolute atomic E-state index is 0.00494. The highest BCUT2D eigenvalue weighted by atomic mass is 35.5. The van der Waals surface area contributed by atoms with Crippen LogP contribution in [0.25, 0.3) is 0 Å². The molecule has 0 fully saturated rings. The normalized spacial score (nSPS) is 16.3. The van der Waals surface area contributed by atoms with Crippen molar-refractivity contribution in [1.29, 1.82) is 0 Å². The maximum absolute atomic E-state index is 6.07. The highest BCUT2D eigenvalue weighted by molar-refractivity contribution is 6.31. The Morgan fingerprint density at radius 3 is 3.00 bits per heavy atom. The van der Waals surface area contributed by atoms with Gasteiger partial charge in [-0.15, -0.1) is 0 Å². The van der Waals surface area contributed by atoms with Gasteiger partial charge in [-0.05, 0) is 25.5 Å². The molecule has 1 aliphatic rings. The summed E-state index contributed by atoms with van der Waals surface area (Å²) in [6, 6.07) is 5.72. The standard InChI is InChI=1S/C13H17ClN2O/c1-3-11(13-15-7-8-16-13)17-12-6-4-5-10(14)9(12)2/h4-6,11H,3,7-8H2,1-2H3,(H,15,16). The fraction of sp³-hybridized carbons (Fsp3) is 0.462. The van der Waals surface area contributed by atoms with Gasteiger partial charge in [0.2, 0.25) is 0 Å². The molecule has 0 amide bonds. The third-order valence-corrected chi connectivity index (χ3v) is 3.27. The second kappa shape index (κ2) is 5.41. The first kappa shape index (κ1) is 12.2. The van der Waals surface area contributed by atoms with E-state index >= 15 is 0 Å². The molecule has 1 heterocycles. The molecule has 0 aliphatic carbocycles. The molecule has 0 radical (unpaired) electrons. The largest absolute Gasteiger partial charge is 0.482 e. The second-order valence-electron chi connectivity index (χ2n) is 4.07. The lowest BCUT2D eigenvalue weighted by Gasteiger charge is -2.19. The van der Waals surface area contributed by atoms with Gasteiger partial charge in [0, 0.05) is 17.1 Å². The fourth-order valence-corrected chi connectivity index (χ4v) is 2.00. The average Bonchev–Trinajstić information content (AvgIpc) is 2.85. The Morgan fingerprint density at radius 2 is 2.35 bits per heavy atom. The summed E-state index contributed by atoms with van der Waals surface area (Å²) in [4.78, 5) is 4.40. The molecule has 17 heavy (non-hydrogen) atoms. The average molecular weight is 253 g/mol. The molecular weight excluding hydrogens is 236 g/mol. The van der Waals surface area contributed by atoms with E-state index in [0.717, 1.165) is 41.7 Å². The lowest BCUT2D eigenvalue weighted by Crippen LogP contribution is -2.35. The third kappa shape index (κ3) is 2.72. The molecule has 2 rings (SSSR count). The van der Waals surface area contributed by atoms with Gasteiger partial charge in [0.15, 0.2) is 6.10 Å². The van der Waals surface area contributed by atoms with Crippen LogP contribution in [-0.2, 0) is 0 Å². The van der Waals surface area contributed by atoms with Crippen molar-refractivity contribution in [2.45, 2.75) is 26.4 Å². The maximum atomic E-state index is 6.07.